The molecule has 1 aromatic heterocycles. The maximum atomic E-state index is 3.74. The van der Waals surface area contributed by atoms with Crippen LogP contribution in [0, 0.1) is 0 Å². The molecule has 0 atom stereocenters. The largest absolute Gasteiger partial charge is 0.285 e. The van der Waals surface area contributed by atoms with E-state index in [0.717, 1.165) is 5.33 Å². The summed E-state index contributed by atoms with van der Waals surface area (Å²) in [6, 6.07) is 0. The number of nitrogens with one attached hydrogen (secondary N) is 1. The summed E-state index contributed by atoms with van der Waals surface area (Å²) in [6.07, 6.45) is 3.64. The first-order valence-corrected chi connectivity index (χ1v) is 3.09. The number of aromatic amines is 1. The van der Waals surface area contributed by atoms with Crippen LogP contribution in [0.5, 0.6) is 0 Å². The van der Waals surface area contributed by atoms with Gasteiger partial charge in [-0.25, -0.2) is 0 Å². The highest BCUT2D eigenvalue weighted by atomic mass is 79.9. The van der Waals surface area contributed by atoms with Gasteiger partial charge in [-0.15, -0.1) is 0 Å². The van der Waals surface area contributed by atoms with Gasteiger partial charge in [-0.1, -0.05) is 15.9 Å². The summed E-state index contributed by atoms with van der Waals surface area (Å²) in [7, 11) is 0. The molecular formula is C4H5BrN2. The highest BCUT2D eigenvalue weighted by Gasteiger charge is 1.84. The van der Waals surface area contributed by atoms with Crippen molar-refractivity contribution in [2.75, 3.05) is 0 Å². The van der Waals surface area contributed by atoms with Gasteiger partial charge in [-0.05, 0) is 0 Å². The average molecular weight is 161 g/mol. The summed E-state index contributed by atoms with van der Waals surface area (Å²) in [5, 5.41) is 7.32. The van der Waals surface area contributed by atoms with E-state index >= 15 is 0 Å². The Bertz CT molecular complexity index is 124. The molecule has 0 saturated heterocycles. The van der Waals surface area contributed by atoms with Crippen molar-refractivity contribution in [3.8, 4) is 0 Å². The normalized spacial score (nSPS) is 9.29. The molecule has 38 valence electrons. The highest BCUT2D eigenvalue weighted by molar-refractivity contribution is 9.08. The van der Waals surface area contributed by atoms with E-state index in [-0.39, 0.29) is 0 Å². The van der Waals surface area contributed by atoms with Crippen LogP contribution < -0.4 is 0 Å². The Morgan fingerprint density at radius 2 is 2.71 bits per heavy atom. The lowest BCUT2D eigenvalue weighted by Gasteiger charge is -1.74. The summed E-state index contributed by atoms with van der Waals surface area (Å²) in [4.78, 5) is 0. The Kier molecular flexibility index (Phi) is 1.46. The second kappa shape index (κ2) is 2.12. The van der Waals surface area contributed by atoms with Crippen molar-refractivity contribution in [2.24, 2.45) is 0 Å². The van der Waals surface area contributed by atoms with E-state index in [0.29, 0.717) is 0 Å². The van der Waals surface area contributed by atoms with Gasteiger partial charge in [-0.3, -0.25) is 5.10 Å². The summed E-state index contributed by atoms with van der Waals surface area (Å²) in [5.74, 6) is 0. The highest BCUT2D eigenvalue weighted by Crippen LogP contribution is 1.98. The van der Waals surface area contributed by atoms with Crippen molar-refractivity contribution in [3.63, 3.8) is 0 Å². The Balaban J connectivity index is 2.76. The van der Waals surface area contributed by atoms with Crippen molar-refractivity contribution in [1.29, 1.82) is 0 Å². The third kappa shape index (κ3) is 1.03. The smallest absolute Gasteiger partial charge is 0.0527 e. The van der Waals surface area contributed by atoms with Gasteiger partial charge >= 0.3 is 0 Å². The van der Waals surface area contributed by atoms with Crippen LogP contribution >= 0.6 is 15.9 Å². The van der Waals surface area contributed by atoms with Gasteiger partial charge in [0.15, 0.2) is 0 Å². The summed E-state index contributed by atoms with van der Waals surface area (Å²) < 4.78 is 0. The van der Waals surface area contributed by atoms with Crippen molar-refractivity contribution in [1.82, 2.24) is 10.2 Å². The lowest BCUT2D eigenvalue weighted by molar-refractivity contribution is 1.09. The number of nitrogens with zero attached hydrogens (tertiary/aromatic N) is 1. The minimum atomic E-state index is 0.878. The third-order valence-corrected chi connectivity index (χ3v) is 1.36. The second-order valence-electron chi connectivity index (χ2n) is 1.24. The molecule has 7 heavy (non-hydrogen) atoms. The van der Waals surface area contributed by atoms with Crippen molar-refractivity contribution < 1.29 is 0 Å². The predicted molar refractivity (Wildman–Crippen MR) is 31.2 cm³/mol. The van der Waals surface area contributed by atoms with Crippen LogP contribution in [0.3, 0.4) is 0 Å². The first-order chi connectivity index (χ1) is 3.43. The lowest BCUT2D eigenvalue weighted by Crippen LogP contribution is -1.63. The van der Waals surface area contributed by atoms with E-state index in [9.17, 15) is 0 Å². The fraction of sp³-hybridized carbons (Fsp3) is 0.250. The molecule has 0 spiro atoms. The molecule has 0 radical (unpaired) electrons. The summed E-state index contributed by atoms with van der Waals surface area (Å²) in [5.41, 5.74) is 1.18. The number of aromatic nitrogens is 2. The van der Waals surface area contributed by atoms with Crippen molar-refractivity contribution >= 4 is 15.9 Å². The van der Waals surface area contributed by atoms with Crippen LogP contribution in [0.4, 0.5) is 0 Å². The van der Waals surface area contributed by atoms with Gasteiger partial charge in [0.1, 0.15) is 0 Å². The Morgan fingerprint density at radius 3 is 3.00 bits per heavy atom. The van der Waals surface area contributed by atoms with E-state index < -0.39 is 0 Å². The molecule has 1 heterocycles. The molecule has 0 unspecified atom stereocenters. The van der Waals surface area contributed by atoms with Crippen LogP contribution in [0.2, 0.25) is 0 Å². The van der Waals surface area contributed by atoms with Crippen LogP contribution in [0.25, 0.3) is 0 Å². The Morgan fingerprint density at radius 1 is 1.86 bits per heavy atom. The first kappa shape index (κ1) is 4.84. The molecule has 0 aliphatic heterocycles. The number of H-pyrrole nitrogens is 1. The maximum Gasteiger partial charge on any atom is 0.0527 e. The van der Waals surface area contributed by atoms with E-state index in [2.05, 4.69) is 26.1 Å². The van der Waals surface area contributed by atoms with Gasteiger partial charge in [0.05, 0.1) is 6.20 Å². The lowest BCUT2D eigenvalue weighted by atomic mass is 10.4. The van der Waals surface area contributed by atoms with Gasteiger partial charge in [0.25, 0.3) is 0 Å². The zero-order valence-electron chi connectivity index (χ0n) is 3.69. The van der Waals surface area contributed by atoms with Crippen molar-refractivity contribution in [3.05, 3.63) is 18.0 Å². The Hall–Kier alpha value is -0.310. The fourth-order valence-corrected chi connectivity index (χ4v) is 0.657. The molecule has 3 heteroatoms. The van der Waals surface area contributed by atoms with Gasteiger partial charge in [0.2, 0.25) is 0 Å². The third-order valence-electron chi connectivity index (χ3n) is 0.709. The van der Waals surface area contributed by atoms with Crippen LogP contribution in [-0.2, 0) is 5.33 Å². The molecule has 0 saturated carbocycles. The molecule has 0 aliphatic carbocycles. The summed E-state index contributed by atoms with van der Waals surface area (Å²) in [6.45, 7) is 0. The fourth-order valence-electron chi connectivity index (χ4n) is 0.351. The Labute approximate surface area is 50.1 Å². The maximum absolute atomic E-state index is 3.74. The zero-order valence-corrected chi connectivity index (χ0v) is 5.27. The molecular weight excluding hydrogens is 156 g/mol. The summed E-state index contributed by atoms with van der Waals surface area (Å²) >= 11 is 3.28. The number of hydrogen-bond donors (Lipinski definition) is 1. The number of halogens is 1. The second-order valence-corrected chi connectivity index (χ2v) is 1.80. The van der Waals surface area contributed by atoms with Crippen molar-refractivity contribution in [2.45, 2.75) is 5.33 Å². The van der Waals surface area contributed by atoms with E-state index in [4.69, 9.17) is 0 Å². The minimum Gasteiger partial charge on any atom is -0.285 e. The van der Waals surface area contributed by atoms with Crippen LogP contribution in [0.1, 0.15) is 5.56 Å². The van der Waals surface area contributed by atoms with Gasteiger partial charge in [0, 0.05) is 17.1 Å². The topological polar surface area (TPSA) is 28.7 Å². The predicted octanol–water partition coefficient (Wildman–Crippen LogP) is 1.30. The molecule has 0 bridgehead atoms. The minimum absolute atomic E-state index is 0.878. The monoisotopic (exact) mass is 160 g/mol. The van der Waals surface area contributed by atoms with Gasteiger partial charge in [-0.2, -0.15) is 5.10 Å². The SMILES string of the molecule is BrCc1cn[nH]c1. The molecule has 2 nitrogen and oxygen atoms in total. The molecule has 1 rings (SSSR count). The molecule has 0 aromatic carbocycles. The molecule has 0 fully saturated rings. The quantitative estimate of drug-likeness (QED) is 0.618. The zero-order chi connectivity index (χ0) is 5.11. The molecule has 1 aromatic rings. The number of hydrogen-bond acceptors (Lipinski definition) is 1. The van der Waals surface area contributed by atoms with Gasteiger partial charge < -0.3 is 0 Å². The molecule has 0 aliphatic rings. The van der Waals surface area contributed by atoms with E-state index in [1.54, 1.807) is 6.20 Å². The van der Waals surface area contributed by atoms with E-state index in [1.807, 2.05) is 6.20 Å². The average Bonchev–Trinajstić information content (AvgIpc) is 2.14. The number of alkyl halides is 1. The van der Waals surface area contributed by atoms with Crippen LogP contribution in [0.15, 0.2) is 12.4 Å². The first-order valence-electron chi connectivity index (χ1n) is 1.97. The molecule has 1 N–H and O–H groups in total. The number of rotatable bonds is 1. The molecule has 0 amide bonds. The standard InChI is InChI=1S/C4H5BrN2/c5-1-4-2-6-7-3-4/h2-3H,1H2,(H,6,7). The van der Waals surface area contributed by atoms with E-state index in [1.165, 1.54) is 5.56 Å². The van der Waals surface area contributed by atoms with Crippen LogP contribution in [-0.4, -0.2) is 10.2 Å².